The van der Waals surface area contributed by atoms with Crippen molar-refractivity contribution >= 4 is 11.9 Å². The summed E-state index contributed by atoms with van der Waals surface area (Å²) >= 11 is 0. The Hall–Kier alpha value is -2.31. The van der Waals surface area contributed by atoms with Gasteiger partial charge in [0.1, 0.15) is 17.7 Å². The second-order valence-corrected chi connectivity index (χ2v) is 5.92. The van der Waals surface area contributed by atoms with E-state index >= 15 is 0 Å². The van der Waals surface area contributed by atoms with Gasteiger partial charge in [0.2, 0.25) is 0 Å². The summed E-state index contributed by atoms with van der Waals surface area (Å²) in [7, 11) is 1.40. The maximum Gasteiger partial charge on any atom is 0.305 e. The Morgan fingerprint density at radius 1 is 1.27 bits per heavy atom. The molecule has 6 nitrogen and oxygen atoms in total. The third kappa shape index (κ3) is 9.86. The summed E-state index contributed by atoms with van der Waals surface area (Å²) in [4.78, 5) is 15.5. The smallest absolute Gasteiger partial charge is 0.305 e. The first-order chi connectivity index (χ1) is 12.5. The number of hydrogen-bond donors (Lipinski definition) is 2. The maximum atomic E-state index is 13.2. The average Bonchev–Trinajstić information content (AvgIpc) is 2.62. The van der Waals surface area contributed by atoms with Crippen LogP contribution < -0.4 is 15.4 Å². The summed E-state index contributed by atoms with van der Waals surface area (Å²) in [6, 6.07) is 6.08. The first-order valence-electron chi connectivity index (χ1n) is 9.06. The second-order valence-electron chi connectivity index (χ2n) is 5.92. The molecule has 146 valence electrons. The number of ether oxygens (including phenoxy) is 2. The fourth-order valence-corrected chi connectivity index (χ4v) is 2.25. The molecule has 0 fully saturated rings. The van der Waals surface area contributed by atoms with Crippen LogP contribution in [-0.2, 0) is 9.53 Å². The predicted octanol–water partition coefficient (Wildman–Crippen LogP) is 2.88. The lowest BCUT2D eigenvalue weighted by atomic mass is 10.2. The van der Waals surface area contributed by atoms with E-state index in [1.165, 1.54) is 19.2 Å². The highest BCUT2D eigenvalue weighted by Crippen LogP contribution is 2.13. The van der Waals surface area contributed by atoms with E-state index in [-0.39, 0.29) is 17.9 Å². The first-order valence-corrected chi connectivity index (χ1v) is 9.06. The zero-order valence-electron chi connectivity index (χ0n) is 15.9. The molecular formula is C19H30FN3O3. The van der Waals surface area contributed by atoms with Gasteiger partial charge in [0, 0.05) is 25.6 Å². The van der Waals surface area contributed by atoms with Crippen LogP contribution in [0.2, 0.25) is 0 Å². The number of benzene rings is 1. The van der Waals surface area contributed by atoms with Crippen molar-refractivity contribution in [3.63, 3.8) is 0 Å². The number of esters is 1. The van der Waals surface area contributed by atoms with Gasteiger partial charge in [0.05, 0.1) is 13.7 Å². The molecule has 0 amide bonds. The Balaban J connectivity index is 2.32. The molecule has 0 aliphatic rings. The summed E-state index contributed by atoms with van der Waals surface area (Å²) in [5.41, 5.74) is 0. The molecule has 1 rings (SSSR count). The Bertz CT molecular complexity index is 567. The number of guanidine groups is 1. The predicted molar refractivity (Wildman–Crippen MR) is 101 cm³/mol. The number of methoxy groups -OCH3 is 1. The van der Waals surface area contributed by atoms with Crippen LogP contribution in [0.1, 0.15) is 39.5 Å². The van der Waals surface area contributed by atoms with Crippen molar-refractivity contribution in [3.05, 3.63) is 30.1 Å². The van der Waals surface area contributed by atoms with E-state index in [1.54, 1.807) is 12.1 Å². The number of nitrogens with zero attached hydrogens (tertiary/aromatic N) is 1. The molecular weight excluding hydrogens is 337 g/mol. The van der Waals surface area contributed by atoms with Gasteiger partial charge < -0.3 is 20.1 Å². The zero-order valence-corrected chi connectivity index (χ0v) is 15.9. The largest absolute Gasteiger partial charge is 0.489 e. The van der Waals surface area contributed by atoms with E-state index in [9.17, 15) is 9.18 Å². The van der Waals surface area contributed by atoms with Crippen molar-refractivity contribution in [3.8, 4) is 5.75 Å². The lowest BCUT2D eigenvalue weighted by Crippen LogP contribution is -2.38. The standard InChI is InChI=1S/C19H30FN3O3/c1-4-21-19(22-12-7-5-6-11-18(24)25-3)23-14-15(2)26-17-10-8-9-16(20)13-17/h8-10,13,15H,4-7,11-12,14H2,1-3H3,(H2,21,22,23). The number of hydrogen-bond acceptors (Lipinski definition) is 4. The van der Waals surface area contributed by atoms with Crippen molar-refractivity contribution in [2.75, 3.05) is 26.7 Å². The van der Waals surface area contributed by atoms with Crippen LogP contribution >= 0.6 is 0 Å². The van der Waals surface area contributed by atoms with Crippen molar-refractivity contribution < 1.29 is 18.7 Å². The lowest BCUT2D eigenvalue weighted by Gasteiger charge is -2.15. The SMILES string of the molecule is CCNC(=NCC(C)Oc1cccc(F)c1)NCCCCCC(=O)OC. The summed E-state index contributed by atoms with van der Waals surface area (Å²) in [6.45, 7) is 5.87. The minimum atomic E-state index is -0.319. The van der Waals surface area contributed by atoms with Crippen molar-refractivity contribution in [1.82, 2.24) is 10.6 Å². The van der Waals surface area contributed by atoms with Crippen LogP contribution in [0.3, 0.4) is 0 Å². The molecule has 1 aromatic carbocycles. The maximum absolute atomic E-state index is 13.2. The molecule has 7 heteroatoms. The average molecular weight is 367 g/mol. The monoisotopic (exact) mass is 367 g/mol. The Labute approximate surface area is 155 Å². The van der Waals surface area contributed by atoms with Gasteiger partial charge in [-0.1, -0.05) is 12.5 Å². The van der Waals surface area contributed by atoms with E-state index in [2.05, 4.69) is 20.4 Å². The van der Waals surface area contributed by atoms with E-state index < -0.39 is 0 Å². The third-order valence-corrected chi connectivity index (χ3v) is 3.56. The minimum Gasteiger partial charge on any atom is -0.489 e. The van der Waals surface area contributed by atoms with Gasteiger partial charge in [0.15, 0.2) is 5.96 Å². The molecule has 2 N–H and O–H groups in total. The molecule has 26 heavy (non-hydrogen) atoms. The first kappa shape index (κ1) is 21.7. The third-order valence-electron chi connectivity index (χ3n) is 3.56. The van der Waals surface area contributed by atoms with Crippen molar-refractivity contribution in [2.24, 2.45) is 4.99 Å². The van der Waals surface area contributed by atoms with Crippen LogP contribution in [0, 0.1) is 5.82 Å². The molecule has 0 spiro atoms. The van der Waals surface area contributed by atoms with Gasteiger partial charge in [-0.25, -0.2) is 9.38 Å². The summed E-state index contributed by atoms with van der Waals surface area (Å²) in [5, 5.41) is 6.44. The van der Waals surface area contributed by atoms with Crippen LogP contribution in [0.15, 0.2) is 29.3 Å². The number of unbranched alkanes of at least 4 members (excludes halogenated alkanes) is 2. The topological polar surface area (TPSA) is 72.0 Å². The fraction of sp³-hybridized carbons (Fsp3) is 0.579. The number of rotatable bonds is 11. The van der Waals surface area contributed by atoms with Gasteiger partial charge in [-0.3, -0.25) is 4.79 Å². The molecule has 1 aromatic rings. The fourth-order valence-electron chi connectivity index (χ4n) is 2.25. The van der Waals surface area contributed by atoms with Gasteiger partial charge in [0.25, 0.3) is 0 Å². The van der Waals surface area contributed by atoms with E-state index in [1.807, 2.05) is 13.8 Å². The number of nitrogens with one attached hydrogen (secondary N) is 2. The highest BCUT2D eigenvalue weighted by molar-refractivity contribution is 5.79. The summed E-state index contributed by atoms with van der Waals surface area (Å²) < 4.78 is 23.5. The Kier molecular flexibility index (Phi) is 10.8. The highest BCUT2D eigenvalue weighted by atomic mass is 19.1. The Morgan fingerprint density at radius 2 is 2.08 bits per heavy atom. The Morgan fingerprint density at radius 3 is 2.77 bits per heavy atom. The lowest BCUT2D eigenvalue weighted by molar-refractivity contribution is -0.140. The number of carbonyl (C=O) groups excluding carboxylic acids is 1. The summed E-state index contributed by atoms with van der Waals surface area (Å²) in [5.74, 6) is 0.729. The van der Waals surface area contributed by atoms with Gasteiger partial charge in [-0.2, -0.15) is 0 Å². The van der Waals surface area contributed by atoms with Crippen LogP contribution in [0.5, 0.6) is 5.75 Å². The number of carbonyl (C=O) groups is 1. The molecule has 0 heterocycles. The molecule has 1 atom stereocenters. The quantitative estimate of drug-likeness (QED) is 0.272. The molecule has 0 saturated carbocycles. The van der Waals surface area contributed by atoms with E-state index in [0.717, 1.165) is 38.3 Å². The van der Waals surface area contributed by atoms with Crippen LogP contribution in [0.4, 0.5) is 4.39 Å². The number of aliphatic imine (C=N–C) groups is 1. The van der Waals surface area contributed by atoms with Crippen molar-refractivity contribution in [2.45, 2.75) is 45.6 Å². The molecule has 0 aromatic heterocycles. The number of halogens is 1. The molecule has 1 unspecified atom stereocenters. The van der Waals surface area contributed by atoms with Crippen LogP contribution in [0.25, 0.3) is 0 Å². The zero-order chi connectivity index (χ0) is 19.2. The van der Waals surface area contributed by atoms with Gasteiger partial charge in [-0.05, 0) is 38.8 Å². The highest BCUT2D eigenvalue weighted by Gasteiger charge is 2.05. The molecule has 0 bridgehead atoms. The van der Waals surface area contributed by atoms with Gasteiger partial charge >= 0.3 is 5.97 Å². The summed E-state index contributed by atoms with van der Waals surface area (Å²) in [6.07, 6.45) is 2.99. The second kappa shape index (κ2) is 13.0. The van der Waals surface area contributed by atoms with Crippen LogP contribution in [-0.4, -0.2) is 44.8 Å². The normalized spacial score (nSPS) is 12.4. The van der Waals surface area contributed by atoms with Crippen molar-refractivity contribution in [1.29, 1.82) is 0 Å². The van der Waals surface area contributed by atoms with E-state index in [4.69, 9.17) is 4.74 Å². The molecule has 0 radical (unpaired) electrons. The molecule has 0 saturated heterocycles. The van der Waals surface area contributed by atoms with E-state index in [0.29, 0.717) is 18.7 Å². The minimum absolute atomic E-state index is 0.167. The van der Waals surface area contributed by atoms with Gasteiger partial charge in [-0.15, -0.1) is 0 Å². The molecule has 0 aliphatic carbocycles. The molecule has 0 aliphatic heterocycles.